The van der Waals surface area contributed by atoms with Gasteiger partial charge < -0.3 is 11.1 Å². The second-order valence-corrected chi connectivity index (χ2v) is 7.02. The average Bonchev–Trinajstić information content (AvgIpc) is 2.87. The van der Waals surface area contributed by atoms with Gasteiger partial charge in [-0.05, 0) is 25.5 Å². The van der Waals surface area contributed by atoms with E-state index >= 15 is 0 Å². The van der Waals surface area contributed by atoms with Gasteiger partial charge in [-0.1, -0.05) is 24.7 Å². The Balaban J connectivity index is 2.00. The molecule has 6 heteroatoms. The maximum atomic E-state index is 12.2. The summed E-state index contributed by atoms with van der Waals surface area (Å²) in [7, 11) is 0. The number of rotatable bonds is 4. The van der Waals surface area contributed by atoms with Crippen LogP contribution in [0.4, 0.5) is 5.13 Å². The Hall–Kier alpha value is -0.750. The van der Waals surface area contributed by atoms with Gasteiger partial charge in [0.25, 0.3) is 5.91 Å². The molecule has 1 fully saturated rings. The van der Waals surface area contributed by atoms with Gasteiger partial charge in [0.1, 0.15) is 4.88 Å². The minimum atomic E-state index is -0.0182. The van der Waals surface area contributed by atoms with E-state index in [0.29, 0.717) is 21.3 Å². The molecule has 0 spiro atoms. The smallest absolute Gasteiger partial charge is 0.263 e. The van der Waals surface area contributed by atoms with Gasteiger partial charge in [0.15, 0.2) is 5.13 Å². The van der Waals surface area contributed by atoms with E-state index in [1.165, 1.54) is 24.2 Å². The van der Waals surface area contributed by atoms with Crippen LogP contribution in [0, 0.1) is 6.92 Å². The lowest BCUT2D eigenvalue weighted by molar-refractivity contribution is 0.0942. The molecule has 2 rings (SSSR count). The number of anilines is 1. The van der Waals surface area contributed by atoms with E-state index in [0.717, 1.165) is 17.9 Å². The minimum absolute atomic E-state index is 0.0182. The third kappa shape index (κ3) is 2.98. The third-order valence-electron chi connectivity index (χ3n) is 3.17. The molecule has 0 aliphatic heterocycles. The second kappa shape index (κ2) is 5.93. The van der Waals surface area contributed by atoms with Crippen molar-refractivity contribution in [3.63, 3.8) is 0 Å². The number of carbonyl (C=O) groups excluding carboxylic acids is 1. The molecule has 100 valence electrons. The van der Waals surface area contributed by atoms with E-state index in [2.05, 4.69) is 17.2 Å². The van der Waals surface area contributed by atoms with Crippen LogP contribution in [0.15, 0.2) is 0 Å². The molecule has 1 amide bonds. The standard InChI is InChI=1S/C12H19N3OS2/c1-3-17-9-6-4-5-8(9)15-11(16)10-7(2)14-12(13)18-10/h8-9H,3-6H2,1-2H3,(H2,13,14)(H,15,16). The first-order valence-corrected chi connectivity index (χ1v) is 8.13. The van der Waals surface area contributed by atoms with Crippen LogP contribution in [0.2, 0.25) is 0 Å². The van der Waals surface area contributed by atoms with Crippen molar-refractivity contribution in [2.75, 3.05) is 11.5 Å². The molecular weight excluding hydrogens is 266 g/mol. The molecule has 0 saturated heterocycles. The molecule has 0 aromatic carbocycles. The highest BCUT2D eigenvalue weighted by Gasteiger charge is 2.29. The van der Waals surface area contributed by atoms with Crippen LogP contribution in [0.3, 0.4) is 0 Å². The van der Waals surface area contributed by atoms with Gasteiger partial charge in [0, 0.05) is 11.3 Å². The Bertz CT molecular complexity index is 433. The van der Waals surface area contributed by atoms with Gasteiger partial charge in [-0.25, -0.2) is 4.98 Å². The van der Waals surface area contributed by atoms with Crippen molar-refractivity contribution in [3.05, 3.63) is 10.6 Å². The first-order chi connectivity index (χ1) is 8.61. The van der Waals surface area contributed by atoms with Crippen LogP contribution in [0.1, 0.15) is 41.6 Å². The van der Waals surface area contributed by atoms with Crippen LogP contribution in [-0.2, 0) is 0 Å². The lowest BCUT2D eigenvalue weighted by Gasteiger charge is -2.19. The predicted molar refractivity (Wildman–Crippen MR) is 78.3 cm³/mol. The summed E-state index contributed by atoms with van der Waals surface area (Å²) in [5, 5.41) is 4.16. The van der Waals surface area contributed by atoms with E-state index in [4.69, 9.17) is 5.73 Å². The van der Waals surface area contributed by atoms with Gasteiger partial charge in [0.2, 0.25) is 0 Å². The quantitative estimate of drug-likeness (QED) is 0.891. The molecule has 0 radical (unpaired) electrons. The number of nitrogens with two attached hydrogens (primary N) is 1. The number of thiazole rings is 1. The van der Waals surface area contributed by atoms with E-state index in [1.54, 1.807) is 0 Å². The van der Waals surface area contributed by atoms with Crippen LogP contribution in [-0.4, -0.2) is 27.9 Å². The van der Waals surface area contributed by atoms with Crippen molar-refractivity contribution in [1.82, 2.24) is 10.3 Å². The largest absolute Gasteiger partial charge is 0.375 e. The summed E-state index contributed by atoms with van der Waals surface area (Å²) in [4.78, 5) is 16.9. The number of hydrogen-bond acceptors (Lipinski definition) is 5. The fraction of sp³-hybridized carbons (Fsp3) is 0.667. The average molecular weight is 285 g/mol. The molecule has 4 nitrogen and oxygen atoms in total. The molecular formula is C12H19N3OS2. The zero-order valence-corrected chi connectivity index (χ0v) is 12.4. The number of nitrogens with one attached hydrogen (secondary N) is 1. The Morgan fingerprint density at radius 3 is 3.00 bits per heavy atom. The fourth-order valence-corrected chi connectivity index (χ4v) is 4.30. The molecule has 1 aliphatic carbocycles. The maximum absolute atomic E-state index is 12.2. The molecule has 1 aliphatic rings. The molecule has 1 heterocycles. The Kier molecular flexibility index (Phi) is 4.50. The minimum Gasteiger partial charge on any atom is -0.375 e. The Morgan fingerprint density at radius 2 is 2.39 bits per heavy atom. The third-order valence-corrected chi connectivity index (χ3v) is 5.48. The molecule has 1 aromatic rings. The van der Waals surface area contributed by atoms with Crippen molar-refractivity contribution < 1.29 is 4.79 Å². The van der Waals surface area contributed by atoms with Crippen LogP contribution in [0.25, 0.3) is 0 Å². The molecule has 3 N–H and O–H groups in total. The zero-order chi connectivity index (χ0) is 13.1. The molecule has 2 atom stereocenters. The summed E-state index contributed by atoms with van der Waals surface area (Å²) in [6, 6.07) is 0.296. The van der Waals surface area contributed by atoms with Crippen LogP contribution in [0.5, 0.6) is 0 Å². The molecule has 1 aromatic heterocycles. The van der Waals surface area contributed by atoms with Crippen LogP contribution < -0.4 is 11.1 Å². The number of thioether (sulfide) groups is 1. The summed E-state index contributed by atoms with van der Waals surface area (Å²) in [5.41, 5.74) is 6.35. The number of aromatic nitrogens is 1. The topological polar surface area (TPSA) is 68.0 Å². The summed E-state index contributed by atoms with van der Waals surface area (Å²) in [5.74, 6) is 1.08. The van der Waals surface area contributed by atoms with E-state index in [-0.39, 0.29) is 5.91 Å². The monoisotopic (exact) mass is 285 g/mol. The summed E-state index contributed by atoms with van der Waals surface area (Å²) >= 11 is 3.21. The molecule has 18 heavy (non-hydrogen) atoms. The normalized spacial score (nSPS) is 23.2. The highest BCUT2D eigenvalue weighted by atomic mass is 32.2. The first-order valence-electron chi connectivity index (χ1n) is 6.27. The van der Waals surface area contributed by atoms with Crippen molar-refractivity contribution in [2.45, 2.75) is 44.4 Å². The molecule has 0 bridgehead atoms. The first kappa shape index (κ1) is 13.7. The number of aryl methyl sites for hydroxylation is 1. The highest BCUT2D eigenvalue weighted by Crippen LogP contribution is 2.30. The Morgan fingerprint density at radius 1 is 1.61 bits per heavy atom. The van der Waals surface area contributed by atoms with Gasteiger partial charge in [-0.2, -0.15) is 11.8 Å². The van der Waals surface area contributed by atoms with Gasteiger partial charge in [-0.15, -0.1) is 0 Å². The lowest BCUT2D eigenvalue weighted by atomic mass is 10.2. The Labute approximate surface area is 116 Å². The number of amides is 1. The number of nitrogens with zero attached hydrogens (tertiary/aromatic N) is 1. The lowest BCUT2D eigenvalue weighted by Crippen LogP contribution is -2.38. The van der Waals surface area contributed by atoms with Crippen molar-refractivity contribution in [2.24, 2.45) is 0 Å². The summed E-state index contributed by atoms with van der Waals surface area (Å²) < 4.78 is 0. The van der Waals surface area contributed by atoms with E-state index in [9.17, 15) is 4.79 Å². The highest BCUT2D eigenvalue weighted by molar-refractivity contribution is 7.99. The number of nitrogen functional groups attached to an aromatic ring is 1. The summed E-state index contributed by atoms with van der Waals surface area (Å²) in [6.45, 7) is 3.99. The SMILES string of the molecule is CCSC1CCCC1NC(=O)c1sc(N)nc1C. The van der Waals surface area contributed by atoms with E-state index < -0.39 is 0 Å². The zero-order valence-electron chi connectivity index (χ0n) is 10.7. The maximum Gasteiger partial charge on any atom is 0.263 e. The van der Waals surface area contributed by atoms with Crippen molar-refractivity contribution in [3.8, 4) is 0 Å². The molecule has 1 saturated carbocycles. The molecule has 2 unspecified atom stereocenters. The predicted octanol–water partition coefficient (Wildman–Crippen LogP) is 2.44. The summed E-state index contributed by atoms with van der Waals surface area (Å²) in [6.07, 6.45) is 3.48. The van der Waals surface area contributed by atoms with E-state index in [1.807, 2.05) is 18.7 Å². The fourth-order valence-electron chi connectivity index (χ4n) is 2.37. The van der Waals surface area contributed by atoms with Gasteiger partial charge in [0.05, 0.1) is 5.69 Å². The second-order valence-electron chi connectivity index (χ2n) is 4.47. The van der Waals surface area contributed by atoms with Crippen molar-refractivity contribution in [1.29, 1.82) is 0 Å². The van der Waals surface area contributed by atoms with Crippen LogP contribution >= 0.6 is 23.1 Å². The van der Waals surface area contributed by atoms with Gasteiger partial charge in [-0.3, -0.25) is 4.79 Å². The van der Waals surface area contributed by atoms with Gasteiger partial charge >= 0.3 is 0 Å². The van der Waals surface area contributed by atoms with Crippen molar-refractivity contribution >= 4 is 34.1 Å². The number of hydrogen-bond donors (Lipinski definition) is 2. The number of carbonyl (C=O) groups is 1.